The molecule has 284 valence electrons. The summed E-state index contributed by atoms with van der Waals surface area (Å²) < 4.78 is 30.2. The quantitative estimate of drug-likeness (QED) is 0.249. The number of para-hydroxylation sites is 1. The van der Waals surface area contributed by atoms with E-state index in [9.17, 15) is 18.0 Å². The van der Waals surface area contributed by atoms with E-state index in [0.29, 0.717) is 5.69 Å². The van der Waals surface area contributed by atoms with E-state index < -0.39 is 31.8 Å². The molecule has 0 aromatic heterocycles. The fraction of sp³-hybridized carbons (Fsp3) is 0.487. The molecule has 4 saturated heterocycles. The van der Waals surface area contributed by atoms with Crippen LogP contribution in [0.4, 0.5) is 5.69 Å². The van der Waals surface area contributed by atoms with Crippen LogP contribution >= 0.6 is 21.6 Å². The van der Waals surface area contributed by atoms with E-state index >= 15 is 0 Å². The second kappa shape index (κ2) is 19.4. The molecule has 5 aliphatic rings. The number of hydrogen-bond donors (Lipinski definition) is 0. The summed E-state index contributed by atoms with van der Waals surface area (Å²) in [5.74, 6) is -0.387. The SMILES string of the molecule is C.C.C.C.C.C.C.C.C.C.C.C.Cc1ccc([C@]23C[C@@]45SS[C@@H](C(=O)N4[C@H]2N(S(=O)(=O)c2ccccc2)c2ccccc23)N(C)C5=O)cc1. The lowest BCUT2D eigenvalue weighted by Gasteiger charge is -2.53. The molecule has 4 fully saturated rings. The third-order valence-electron chi connectivity index (χ3n) is 8.04. The van der Waals surface area contributed by atoms with Gasteiger partial charge in [-0.1, -0.05) is 177 Å². The molecule has 8 rings (SSSR count). The van der Waals surface area contributed by atoms with Crippen LogP contribution in [0.1, 0.15) is 112 Å². The van der Waals surface area contributed by atoms with E-state index in [2.05, 4.69) is 0 Å². The van der Waals surface area contributed by atoms with Crippen LogP contribution in [-0.2, 0) is 25.0 Å². The minimum absolute atomic E-state index is 0. The van der Waals surface area contributed by atoms with Crippen LogP contribution in [0.3, 0.4) is 0 Å². The number of sulfonamides is 1. The van der Waals surface area contributed by atoms with Crippen molar-refractivity contribution < 1.29 is 18.0 Å². The first-order chi connectivity index (χ1) is 17.7. The summed E-state index contributed by atoms with van der Waals surface area (Å²) >= 11 is 0. The molecule has 5 aliphatic heterocycles. The Morgan fingerprint density at radius 2 is 1.22 bits per heavy atom. The van der Waals surface area contributed by atoms with Gasteiger partial charge in [0.05, 0.1) is 16.0 Å². The molecule has 3 aromatic carbocycles. The van der Waals surface area contributed by atoms with Gasteiger partial charge in [-0.25, -0.2) is 12.7 Å². The van der Waals surface area contributed by atoms with Crippen LogP contribution in [0.15, 0.2) is 83.8 Å². The number of piperazine rings is 1. The first-order valence-corrected chi connectivity index (χ1v) is 15.6. The van der Waals surface area contributed by atoms with Crippen molar-refractivity contribution in [1.29, 1.82) is 0 Å². The predicted octanol–water partition coefficient (Wildman–Crippen LogP) is 11.6. The van der Waals surface area contributed by atoms with E-state index in [4.69, 9.17) is 0 Å². The third-order valence-corrected chi connectivity index (χ3v) is 13.1. The maximum Gasteiger partial charge on any atom is 0.266 e. The molecular formula is C39H71N3O4S3. The first-order valence-electron chi connectivity index (χ1n) is 11.9. The van der Waals surface area contributed by atoms with Crippen molar-refractivity contribution in [3.63, 3.8) is 0 Å². The summed E-state index contributed by atoms with van der Waals surface area (Å²) in [5, 5.41) is -0.696. The summed E-state index contributed by atoms with van der Waals surface area (Å²) in [6.45, 7) is 2.00. The average Bonchev–Trinajstić information content (AvgIpc) is 3.37. The zero-order valence-corrected chi connectivity index (χ0v) is 22.5. The number of benzene rings is 3. The van der Waals surface area contributed by atoms with Crippen molar-refractivity contribution in [2.75, 3.05) is 11.4 Å². The fourth-order valence-corrected chi connectivity index (χ4v) is 11.5. The highest BCUT2D eigenvalue weighted by Gasteiger charge is 2.77. The van der Waals surface area contributed by atoms with Crippen LogP contribution in [0.2, 0.25) is 0 Å². The van der Waals surface area contributed by atoms with Gasteiger partial charge in [-0.2, -0.15) is 0 Å². The van der Waals surface area contributed by atoms with E-state index in [1.807, 2.05) is 49.4 Å². The van der Waals surface area contributed by atoms with Crippen LogP contribution in [0, 0.1) is 6.92 Å². The third kappa shape index (κ3) is 7.15. The zero-order chi connectivity index (χ0) is 25.7. The second-order valence-electron chi connectivity index (χ2n) is 9.96. The normalized spacial score (nSPS) is 22.6. The lowest BCUT2D eigenvalue weighted by Crippen LogP contribution is -2.72. The Morgan fingerprint density at radius 1 is 0.714 bits per heavy atom. The first kappa shape index (κ1) is 58.3. The molecule has 10 heteroatoms. The summed E-state index contributed by atoms with van der Waals surface area (Å²) in [5.41, 5.74) is 2.39. The van der Waals surface area contributed by atoms with Gasteiger partial charge in [0.1, 0.15) is 6.17 Å². The van der Waals surface area contributed by atoms with Crippen molar-refractivity contribution in [3.8, 4) is 0 Å². The average molecular weight is 742 g/mol. The Kier molecular flexibility index (Phi) is 23.1. The Balaban J connectivity index is -0.000000385. The Labute approximate surface area is 311 Å². The fourth-order valence-electron chi connectivity index (χ4n) is 6.39. The van der Waals surface area contributed by atoms with E-state index in [0.717, 1.165) is 16.7 Å². The molecular weight excluding hydrogens is 671 g/mol. The second-order valence-corrected chi connectivity index (χ2v) is 14.3. The Morgan fingerprint density at radius 3 is 1.78 bits per heavy atom. The van der Waals surface area contributed by atoms with E-state index in [-0.39, 0.29) is 112 Å². The predicted molar refractivity (Wildman–Crippen MR) is 225 cm³/mol. The van der Waals surface area contributed by atoms with E-state index in [1.54, 1.807) is 48.3 Å². The number of amides is 2. The number of hydrogen-bond acceptors (Lipinski definition) is 6. The number of aryl methyl sites for hydroxylation is 1. The topological polar surface area (TPSA) is 78.0 Å². The van der Waals surface area contributed by atoms with Crippen molar-refractivity contribution >= 4 is 49.1 Å². The number of rotatable bonds is 3. The molecule has 0 N–H and O–H groups in total. The molecule has 49 heavy (non-hydrogen) atoms. The summed E-state index contributed by atoms with van der Waals surface area (Å²) in [4.78, 5) is 29.9. The maximum absolute atomic E-state index is 14.4. The van der Waals surface area contributed by atoms with Gasteiger partial charge in [-0.15, -0.1) is 0 Å². The van der Waals surface area contributed by atoms with Crippen LogP contribution in [0.25, 0.3) is 0 Å². The van der Waals surface area contributed by atoms with E-state index in [1.165, 1.54) is 30.8 Å². The van der Waals surface area contributed by atoms with Gasteiger partial charge >= 0.3 is 0 Å². The van der Waals surface area contributed by atoms with Gasteiger partial charge in [-0.05, 0) is 36.2 Å². The number of fused-ring (bicyclic) bond motifs is 5. The van der Waals surface area contributed by atoms with Gasteiger partial charge in [0.15, 0.2) is 10.2 Å². The molecule has 0 radical (unpaired) electrons. The van der Waals surface area contributed by atoms with Gasteiger partial charge in [0.25, 0.3) is 21.8 Å². The van der Waals surface area contributed by atoms with Crippen LogP contribution < -0.4 is 4.31 Å². The van der Waals surface area contributed by atoms with Crippen molar-refractivity contribution in [2.45, 2.75) is 129 Å². The highest BCUT2D eigenvalue weighted by molar-refractivity contribution is 8.78. The largest absolute Gasteiger partial charge is 0.322 e. The van der Waals surface area contributed by atoms with Gasteiger partial charge in [0.2, 0.25) is 0 Å². The van der Waals surface area contributed by atoms with Crippen LogP contribution in [0.5, 0.6) is 0 Å². The van der Waals surface area contributed by atoms with Crippen molar-refractivity contribution in [1.82, 2.24) is 9.80 Å². The van der Waals surface area contributed by atoms with Crippen molar-refractivity contribution in [3.05, 3.63) is 95.6 Å². The lowest BCUT2D eigenvalue weighted by molar-refractivity contribution is -0.158. The summed E-state index contributed by atoms with van der Waals surface area (Å²) in [6, 6.07) is 23.8. The maximum atomic E-state index is 14.4. The number of likely N-dealkylation sites (N-methyl/N-ethyl adjacent to an activating group) is 1. The molecule has 0 unspecified atom stereocenters. The molecule has 0 saturated carbocycles. The number of anilines is 1. The number of carbonyl (C=O) groups is 2. The Bertz CT molecular complexity index is 1580. The lowest BCUT2D eigenvalue weighted by atomic mass is 9.72. The minimum atomic E-state index is -4.09. The standard InChI is InChI=1S/C27H23N3O4S3.12CH4/c1-17-12-14-18(15-13-17)26-16-27-25(32)28(2)23(35-36-27)22(31)29(27)24(26)30(21-11-7-6-10-20(21)26)37(33,34)19-8-4-3-5-9-19;;;;;;;;;;;;/h3-15,23-24H,16H2,1-2H3;12*1H4/t23-,24-,26-,27-;;;;;;;;;;;;/m0............/s1. The molecule has 0 aliphatic carbocycles. The Hall–Kier alpha value is -2.95. The molecule has 2 bridgehead atoms. The number of carbonyl (C=O) groups excluding carboxylic acids is 2. The summed E-state index contributed by atoms with van der Waals surface area (Å²) in [7, 11) is 0.351. The smallest absolute Gasteiger partial charge is 0.266 e. The van der Waals surface area contributed by atoms with Gasteiger partial charge in [0, 0.05) is 13.5 Å². The zero-order valence-electron chi connectivity index (χ0n) is 20.1. The molecule has 7 nitrogen and oxygen atoms in total. The van der Waals surface area contributed by atoms with Crippen LogP contribution in [-0.4, -0.2) is 53.5 Å². The van der Waals surface area contributed by atoms with Gasteiger partial charge in [-0.3, -0.25) is 14.5 Å². The monoisotopic (exact) mass is 741 g/mol. The van der Waals surface area contributed by atoms with Gasteiger partial charge < -0.3 is 4.90 Å². The highest BCUT2D eigenvalue weighted by atomic mass is 33.1. The molecule has 4 atom stereocenters. The molecule has 3 aromatic rings. The minimum Gasteiger partial charge on any atom is -0.322 e. The van der Waals surface area contributed by atoms with Crippen molar-refractivity contribution in [2.24, 2.45) is 0 Å². The molecule has 5 heterocycles. The highest BCUT2D eigenvalue weighted by Crippen LogP contribution is 2.69. The molecule has 2 amide bonds. The molecule has 1 spiro atoms. The summed E-state index contributed by atoms with van der Waals surface area (Å²) in [6.07, 6.45) is -0.635. The number of nitrogens with zero attached hydrogens (tertiary/aromatic N) is 3.